The van der Waals surface area contributed by atoms with Gasteiger partial charge in [-0.1, -0.05) is 31.2 Å². The molecule has 132 valence electrons. The molecule has 1 aromatic carbocycles. The highest BCUT2D eigenvalue weighted by Gasteiger charge is 2.41. The normalized spacial score (nSPS) is 20.0. The number of carboxylic acid groups (broad SMARTS) is 1. The summed E-state index contributed by atoms with van der Waals surface area (Å²) in [5, 5.41) is 9.35. The van der Waals surface area contributed by atoms with Gasteiger partial charge in [-0.05, 0) is 24.1 Å². The molecular weight excluding hydrogens is 322 g/mol. The molecule has 2 unspecified atom stereocenters. The molecule has 1 aliphatic heterocycles. The molecule has 3 rings (SSSR count). The Morgan fingerprint density at radius 2 is 1.96 bits per heavy atom. The van der Waals surface area contributed by atoms with Crippen molar-refractivity contribution in [3.63, 3.8) is 0 Å². The van der Waals surface area contributed by atoms with Gasteiger partial charge in [-0.25, -0.2) is 4.79 Å². The van der Waals surface area contributed by atoms with Crippen molar-refractivity contribution in [2.45, 2.75) is 31.9 Å². The Hall–Kier alpha value is -2.60. The van der Waals surface area contributed by atoms with E-state index in [1.165, 1.54) is 17.6 Å². The van der Waals surface area contributed by atoms with Crippen LogP contribution in [-0.2, 0) is 16.0 Å². The summed E-state index contributed by atoms with van der Waals surface area (Å²) in [6, 6.07) is 10.4. The van der Waals surface area contributed by atoms with Crippen LogP contribution in [0.5, 0.6) is 0 Å². The monoisotopic (exact) mass is 343 g/mol. The zero-order valence-corrected chi connectivity index (χ0v) is 14.3. The van der Waals surface area contributed by atoms with Crippen LogP contribution in [0.4, 0.5) is 0 Å². The summed E-state index contributed by atoms with van der Waals surface area (Å²) in [5.41, 5.74) is 2.10. The summed E-state index contributed by atoms with van der Waals surface area (Å²) < 4.78 is 10.9. The molecule has 0 radical (unpaired) electrons. The van der Waals surface area contributed by atoms with Crippen molar-refractivity contribution in [3.05, 3.63) is 47.7 Å². The van der Waals surface area contributed by atoms with Gasteiger partial charge in [-0.2, -0.15) is 0 Å². The number of nitrogens with zero attached hydrogens (tertiary/aromatic N) is 1. The summed E-state index contributed by atoms with van der Waals surface area (Å²) in [4.78, 5) is 25.4. The van der Waals surface area contributed by atoms with E-state index in [0.29, 0.717) is 5.76 Å². The maximum atomic E-state index is 12.7. The molecule has 1 amide bonds. The quantitative estimate of drug-likeness (QED) is 0.903. The summed E-state index contributed by atoms with van der Waals surface area (Å²) in [7, 11) is 1.52. The minimum Gasteiger partial charge on any atom is -0.480 e. The number of carboxylic acids is 1. The summed E-state index contributed by atoms with van der Waals surface area (Å²) in [5.74, 6) is -0.740. The molecule has 6 heteroatoms. The molecule has 6 nitrogen and oxygen atoms in total. The van der Waals surface area contributed by atoms with Crippen LogP contribution in [-0.4, -0.2) is 47.7 Å². The average molecular weight is 343 g/mol. The number of rotatable bonds is 5. The van der Waals surface area contributed by atoms with E-state index in [2.05, 4.69) is 6.92 Å². The van der Waals surface area contributed by atoms with Crippen molar-refractivity contribution < 1.29 is 23.8 Å². The first-order chi connectivity index (χ1) is 12.0. The van der Waals surface area contributed by atoms with E-state index in [-0.39, 0.29) is 24.8 Å². The van der Waals surface area contributed by atoms with Crippen molar-refractivity contribution in [1.29, 1.82) is 0 Å². The predicted molar refractivity (Wildman–Crippen MR) is 91.4 cm³/mol. The predicted octanol–water partition coefficient (Wildman–Crippen LogP) is 2.82. The van der Waals surface area contributed by atoms with Crippen LogP contribution < -0.4 is 0 Å². The van der Waals surface area contributed by atoms with Gasteiger partial charge in [-0.3, -0.25) is 4.79 Å². The smallest absolute Gasteiger partial charge is 0.326 e. The summed E-state index contributed by atoms with van der Waals surface area (Å²) >= 11 is 0. The van der Waals surface area contributed by atoms with Crippen LogP contribution >= 0.6 is 0 Å². The van der Waals surface area contributed by atoms with Crippen molar-refractivity contribution in [1.82, 2.24) is 4.90 Å². The second-order valence-corrected chi connectivity index (χ2v) is 6.12. The first kappa shape index (κ1) is 17.2. The second kappa shape index (κ2) is 7.11. The molecule has 0 saturated carbocycles. The number of hydrogen-bond donors (Lipinski definition) is 1. The third-order valence-electron chi connectivity index (χ3n) is 4.61. The molecule has 1 aliphatic rings. The van der Waals surface area contributed by atoms with Crippen LogP contribution in [0.1, 0.15) is 29.5 Å². The topological polar surface area (TPSA) is 80.0 Å². The zero-order chi connectivity index (χ0) is 18.0. The highest BCUT2D eigenvalue weighted by molar-refractivity contribution is 5.95. The van der Waals surface area contributed by atoms with Gasteiger partial charge in [0.15, 0.2) is 5.76 Å². The minimum atomic E-state index is -1.03. The number of benzene rings is 1. The van der Waals surface area contributed by atoms with E-state index in [0.717, 1.165) is 12.0 Å². The highest BCUT2D eigenvalue weighted by Crippen LogP contribution is 2.27. The Morgan fingerprint density at radius 3 is 2.56 bits per heavy atom. The lowest BCUT2D eigenvalue weighted by Gasteiger charge is -2.19. The Balaban J connectivity index is 1.81. The first-order valence-electron chi connectivity index (χ1n) is 8.29. The summed E-state index contributed by atoms with van der Waals surface area (Å²) in [6.07, 6.45) is 0.957. The fraction of sp³-hybridized carbons (Fsp3) is 0.368. The minimum absolute atomic E-state index is 0.137. The first-order valence-corrected chi connectivity index (χ1v) is 8.29. The number of amides is 1. The fourth-order valence-corrected chi connectivity index (χ4v) is 3.08. The lowest BCUT2D eigenvalue weighted by atomic mass is 10.1. The Kier molecular flexibility index (Phi) is 4.90. The number of furan rings is 1. The number of hydrogen-bond acceptors (Lipinski definition) is 4. The SMILES string of the molecule is CCc1ccc(-c2ccc(C(=O)N3CC(OC)CC3C(=O)O)o2)cc1. The Labute approximate surface area is 146 Å². The molecular formula is C19H21NO5. The van der Waals surface area contributed by atoms with Gasteiger partial charge in [0, 0.05) is 25.6 Å². The maximum absolute atomic E-state index is 12.7. The number of aryl methyl sites for hydroxylation is 1. The molecule has 2 aromatic rings. The molecule has 0 spiro atoms. The highest BCUT2D eigenvalue weighted by atomic mass is 16.5. The third kappa shape index (κ3) is 3.44. The molecule has 1 fully saturated rings. The lowest BCUT2D eigenvalue weighted by molar-refractivity contribution is -0.141. The summed E-state index contributed by atoms with van der Waals surface area (Å²) in [6.45, 7) is 2.33. The van der Waals surface area contributed by atoms with Gasteiger partial charge >= 0.3 is 5.97 Å². The third-order valence-corrected chi connectivity index (χ3v) is 4.61. The van der Waals surface area contributed by atoms with Crippen LogP contribution in [0.25, 0.3) is 11.3 Å². The molecule has 1 saturated heterocycles. The van der Waals surface area contributed by atoms with E-state index in [1.807, 2.05) is 24.3 Å². The molecule has 1 N–H and O–H groups in total. The van der Waals surface area contributed by atoms with Crippen LogP contribution in [0.15, 0.2) is 40.8 Å². The van der Waals surface area contributed by atoms with E-state index < -0.39 is 17.9 Å². The van der Waals surface area contributed by atoms with Crippen molar-refractivity contribution in [2.75, 3.05) is 13.7 Å². The van der Waals surface area contributed by atoms with Gasteiger partial charge in [-0.15, -0.1) is 0 Å². The van der Waals surface area contributed by atoms with Crippen molar-refractivity contribution in [2.24, 2.45) is 0 Å². The van der Waals surface area contributed by atoms with E-state index in [4.69, 9.17) is 9.15 Å². The zero-order valence-electron chi connectivity index (χ0n) is 14.3. The van der Waals surface area contributed by atoms with Gasteiger partial charge in [0.2, 0.25) is 0 Å². The van der Waals surface area contributed by atoms with Gasteiger partial charge in [0.1, 0.15) is 11.8 Å². The molecule has 1 aromatic heterocycles. The van der Waals surface area contributed by atoms with E-state index in [1.54, 1.807) is 12.1 Å². The van der Waals surface area contributed by atoms with Crippen molar-refractivity contribution in [3.8, 4) is 11.3 Å². The number of carbonyl (C=O) groups excluding carboxylic acids is 1. The van der Waals surface area contributed by atoms with Crippen LogP contribution in [0, 0.1) is 0 Å². The van der Waals surface area contributed by atoms with Gasteiger partial charge in [0.05, 0.1) is 6.10 Å². The standard InChI is InChI=1S/C19H21NO5/c1-3-12-4-6-13(7-5-12)16-8-9-17(25-16)18(21)20-11-14(24-2)10-15(20)19(22)23/h4-9,14-15H,3,10-11H2,1-2H3,(H,22,23). The average Bonchev–Trinajstić information content (AvgIpc) is 3.28. The Morgan fingerprint density at radius 1 is 1.24 bits per heavy atom. The Bertz CT molecular complexity index is 764. The maximum Gasteiger partial charge on any atom is 0.326 e. The second-order valence-electron chi connectivity index (χ2n) is 6.12. The van der Waals surface area contributed by atoms with Gasteiger partial charge < -0.3 is 19.2 Å². The van der Waals surface area contributed by atoms with E-state index >= 15 is 0 Å². The number of methoxy groups -OCH3 is 1. The molecule has 2 atom stereocenters. The number of aliphatic carboxylic acids is 1. The number of carbonyl (C=O) groups is 2. The fourth-order valence-electron chi connectivity index (χ4n) is 3.08. The van der Waals surface area contributed by atoms with Crippen LogP contribution in [0.2, 0.25) is 0 Å². The lowest BCUT2D eigenvalue weighted by Crippen LogP contribution is -2.40. The van der Waals surface area contributed by atoms with Crippen molar-refractivity contribution >= 4 is 11.9 Å². The number of likely N-dealkylation sites (tertiary alicyclic amines) is 1. The van der Waals surface area contributed by atoms with Gasteiger partial charge in [0.25, 0.3) is 5.91 Å². The molecule has 25 heavy (non-hydrogen) atoms. The van der Waals surface area contributed by atoms with Crippen LogP contribution in [0.3, 0.4) is 0 Å². The molecule has 2 heterocycles. The largest absolute Gasteiger partial charge is 0.480 e. The van der Waals surface area contributed by atoms with E-state index in [9.17, 15) is 14.7 Å². The number of ether oxygens (including phenoxy) is 1. The molecule has 0 aliphatic carbocycles. The molecule has 0 bridgehead atoms.